The van der Waals surface area contributed by atoms with Crippen molar-refractivity contribution in [2.24, 2.45) is 0 Å². The van der Waals surface area contributed by atoms with E-state index >= 15 is 0 Å². The number of hydrogen-bond donors (Lipinski definition) is 1. The molecule has 140 valence electrons. The molecular formula is C23H21N3OS. The average molecular weight is 388 g/mol. The summed E-state index contributed by atoms with van der Waals surface area (Å²) in [5.74, 6) is 0. The van der Waals surface area contributed by atoms with Gasteiger partial charge in [-0.15, -0.1) is 11.3 Å². The SMILES string of the molecule is O=c1cc(CN[C@H]2CCCc3ccccc32)nc2scc(-c3ccccc3)n12. The lowest BCUT2D eigenvalue weighted by atomic mass is 9.88. The number of nitrogens with one attached hydrogen (secondary N) is 1. The summed E-state index contributed by atoms with van der Waals surface area (Å²) in [6, 6.07) is 20.6. The first-order chi connectivity index (χ1) is 13.8. The molecule has 2 heterocycles. The second kappa shape index (κ2) is 7.34. The highest BCUT2D eigenvalue weighted by Gasteiger charge is 2.19. The van der Waals surface area contributed by atoms with Gasteiger partial charge in [-0.25, -0.2) is 4.98 Å². The van der Waals surface area contributed by atoms with Crippen molar-refractivity contribution in [3.05, 3.63) is 93.2 Å². The van der Waals surface area contributed by atoms with Crippen LogP contribution in [-0.4, -0.2) is 9.38 Å². The Hall–Kier alpha value is -2.76. The van der Waals surface area contributed by atoms with Crippen LogP contribution < -0.4 is 10.9 Å². The van der Waals surface area contributed by atoms with Crippen LogP contribution in [0.3, 0.4) is 0 Å². The van der Waals surface area contributed by atoms with Crippen molar-refractivity contribution in [2.75, 3.05) is 0 Å². The molecule has 5 rings (SSSR count). The van der Waals surface area contributed by atoms with Crippen LogP contribution in [0.1, 0.15) is 35.7 Å². The van der Waals surface area contributed by atoms with Crippen LogP contribution in [0.2, 0.25) is 0 Å². The summed E-state index contributed by atoms with van der Waals surface area (Å²) < 4.78 is 1.71. The van der Waals surface area contributed by atoms with E-state index in [2.05, 4.69) is 29.6 Å². The van der Waals surface area contributed by atoms with Crippen molar-refractivity contribution in [1.82, 2.24) is 14.7 Å². The molecule has 0 aliphatic heterocycles. The minimum Gasteiger partial charge on any atom is -0.304 e. The molecule has 0 unspecified atom stereocenters. The number of rotatable bonds is 4. The van der Waals surface area contributed by atoms with Gasteiger partial charge in [0, 0.05) is 24.0 Å². The molecule has 0 bridgehead atoms. The van der Waals surface area contributed by atoms with Gasteiger partial charge >= 0.3 is 0 Å². The van der Waals surface area contributed by atoms with E-state index in [0.717, 1.165) is 34.8 Å². The number of aryl methyl sites for hydroxylation is 1. The van der Waals surface area contributed by atoms with E-state index in [4.69, 9.17) is 4.98 Å². The molecule has 2 aromatic carbocycles. The van der Waals surface area contributed by atoms with Gasteiger partial charge in [-0.1, -0.05) is 54.6 Å². The summed E-state index contributed by atoms with van der Waals surface area (Å²) in [6.45, 7) is 0.601. The second-order valence-electron chi connectivity index (χ2n) is 7.22. The molecule has 1 atom stereocenters. The van der Waals surface area contributed by atoms with Gasteiger partial charge in [-0.2, -0.15) is 0 Å². The summed E-state index contributed by atoms with van der Waals surface area (Å²) in [6.07, 6.45) is 3.46. The molecule has 4 nitrogen and oxygen atoms in total. The Morgan fingerprint density at radius 1 is 1.11 bits per heavy atom. The molecule has 1 aliphatic carbocycles. The molecule has 0 saturated heterocycles. The van der Waals surface area contributed by atoms with Crippen LogP contribution in [0.25, 0.3) is 16.2 Å². The van der Waals surface area contributed by atoms with E-state index in [-0.39, 0.29) is 5.56 Å². The monoisotopic (exact) mass is 387 g/mol. The zero-order valence-corrected chi connectivity index (χ0v) is 16.3. The van der Waals surface area contributed by atoms with Crippen molar-refractivity contribution in [1.29, 1.82) is 0 Å². The maximum Gasteiger partial charge on any atom is 0.259 e. The Labute approximate surface area is 167 Å². The molecule has 5 heteroatoms. The molecule has 4 aromatic rings. The van der Waals surface area contributed by atoms with Crippen LogP contribution in [0, 0.1) is 0 Å². The van der Waals surface area contributed by atoms with Crippen molar-refractivity contribution in [2.45, 2.75) is 31.8 Å². The minimum absolute atomic E-state index is 0.0223. The standard InChI is InChI=1S/C23H21N3OS/c27-22-13-18(14-24-20-12-6-10-16-7-4-5-11-19(16)20)25-23-26(22)21(15-28-23)17-8-2-1-3-9-17/h1-5,7-9,11,13,15,20,24H,6,10,12,14H2/t20-/m0/s1. The topological polar surface area (TPSA) is 46.4 Å². The molecule has 0 saturated carbocycles. The highest BCUT2D eigenvalue weighted by Crippen LogP contribution is 2.29. The number of nitrogens with zero attached hydrogens (tertiary/aromatic N) is 2. The number of fused-ring (bicyclic) bond motifs is 2. The summed E-state index contributed by atoms with van der Waals surface area (Å²) in [7, 11) is 0. The third-order valence-electron chi connectivity index (χ3n) is 5.43. The second-order valence-corrected chi connectivity index (χ2v) is 8.05. The van der Waals surface area contributed by atoms with Crippen molar-refractivity contribution >= 4 is 16.3 Å². The molecule has 1 aliphatic rings. The van der Waals surface area contributed by atoms with Gasteiger partial charge in [0.15, 0.2) is 4.96 Å². The smallest absolute Gasteiger partial charge is 0.259 e. The van der Waals surface area contributed by atoms with Gasteiger partial charge in [0.25, 0.3) is 5.56 Å². The summed E-state index contributed by atoms with van der Waals surface area (Å²) in [4.78, 5) is 18.3. The predicted octanol–water partition coefficient (Wildman–Crippen LogP) is 4.59. The first kappa shape index (κ1) is 17.3. The fourth-order valence-corrected chi connectivity index (χ4v) is 4.98. The van der Waals surface area contributed by atoms with Gasteiger partial charge in [0.2, 0.25) is 0 Å². The fourth-order valence-electron chi connectivity index (χ4n) is 4.06. The van der Waals surface area contributed by atoms with E-state index in [9.17, 15) is 4.79 Å². The molecule has 0 radical (unpaired) electrons. The van der Waals surface area contributed by atoms with Crippen LogP contribution in [-0.2, 0) is 13.0 Å². The number of aromatic nitrogens is 2. The fraction of sp³-hybridized carbons (Fsp3) is 0.217. The van der Waals surface area contributed by atoms with Crippen LogP contribution >= 0.6 is 11.3 Å². The molecule has 0 amide bonds. The van der Waals surface area contributed by atoms with Crippen molar-refractivity contribution in [3.63, 3.8) is 0 Å². The van der Waals surface area contributed by atoms with E-state index in [1.165, 1.54) is 28.9 Å². The molecule has 1 N–H and O–H groups in total. The molecule has 2 aromatic heterocycles. The highest BCUT2D eigenvalue weighted by atomic mass is 32.1. The number of benzene rings is 2. The lowest BCUT2D eigenvalue weighted by molar-refractivity contribution is 0.456. The first-order valence-electron chi connectivity index (χ1n) is 9.66. The van der Waals surface area contributed by atoms with Gasteiger partial charge in [0.1, 0.15) is 0 Å². The largest absolute Gasteiger partial charge is 0.304 e. The lowest BCUT2D eigenvalue weighted by Crippen LogP contribution is -2.26. The number of hydrogen-bond acceptors (Lipinski definition) is 4. The molecule has 28 heavy (non-hydrogen) atoms. The molecular weight excluding hydrogens is 366 g/mol. The van der Waals surface area contributed by atoms with Crippen LogP contribution in [0.5, 0.6) is 0 Å². The van der Waals surface area contributed by atoms with E-state index in [1.54, 1.807) is 10.5 Å². The Morgan fingerprint density at radius 2 is 1.93 bits per heavy atom. The molecule has 0 fully saturated rings. The maximum absolute atomic E-state index is 12.8. The summed E-state index contributed by atoms with van der Waals surface area (Å²) in [5, 5.41) is 5.63. The van der Waals surface area contributed by atoms with E-state index in [0.29, 0.717) is 12.6 Å². The zero-order valence-electron chi connectivity index (χ0n) is 15.5. The van der Waals surface area contributed by atoms with Gasteiger partial charge in [-0.3, -0.25) is 9.20 Å². The molecule has 0 spiro atoms. The van der Waals surface area contributed by atoms with Gasteiger partial charge < -0.3 is 5.32 Å². The average Bonchev–Trinajstić information content (AvgIpc) is 3.17. The summed E-state index contributed by atoms with van der Waals surface area (Å²) in [5.41, 5.74) is 5.52. The Morgan fingerprint density at radius 3 is 2.82 bits per heavy atom. The van der Waals surface area contributed by atoms with E-state index < -0.39 is 0 Å². The normalized spacial score (nSPS) is 16.2. The maximum atomic E-state index is 12.8. The number of thiazole rings is 1. The van der Waals surface area contributed by atoms with Crippen molar-refractivity contribution < 1.29 is 0 Å². The van der Waals surface area contributed by atoms with Crippen LogP contribution in [0.15, 0.2) is 70.8 Å². The third kappa shape index (κ3) is 3.17. The quantitative estimate of drug-likeness (QED) is 0.557. The third-order valence-corrected chi connectivity index (χ3v) is 6.25. The van der Waals surface area contributed by atoms with Crippen molar-refractivity contribution in [3.8, 4) is 11.3 Å². The van der Waals surface area contributed by atoms with Gasteiger partial charge in [0.05, 0.1) is 11.4 Å². The lowest BCUT2D eigenvalue weighted by Gasteiger charge is -2.26. The Kier molecular flexibility index (Phi) is 4.55. The Balaban J connectivity index is 1.42. The van der Waals surface area contributed by atoms with Crippen LogP contribution in [0.4, 0.5) is 0 Å². The van der Waals surface area contributed by atoms with Gasteiger partial charge in [-0.05, 0) is 36.0 Å². The minimum atomic E-state index is -0.0223. The first-order valence-corrected chi connectivity index (χ1v) is 10.5. The summed E-state index contributed by atoms with van der Waals surface area (Å²) >= 11 is 1.51. The predicted molar refractivity (Wildman–Crippen MR) is 114 cm³/mol. The zero-order chi connectivity index (χ0) is 18.9. The van der Waals surface area contributed by atoms with E-state index in [1.807, 2.05) is 35.7 Å². The Bertz CT molecular complexity index is 1180. The highest BCUT2D eigenvalue weighted by molar-refractivity contribution is 7.15.